The molecule has 7 heteroatoms. The number of morpholine rings is 1. The van der Waals surface area contributed by atoms with E-state index < -0.39 is 5.54 Å². The van der Waals surface area contributed by atoms with Gasteiger partial charge in [-0.3, -0.25) is 14.5 Å². The first kappa shape index (κ1) is 26.4. The van der Waals surface area contributed by atoms with Gasteiger partial charge in [0.05, 0.1) is 19.3 Å². The molecule has 0 radical (unpaired) electrons. The molecule has 0 aromatic carbocycles. The number of nitrogens with zero attached hydrogens (tertiary/aromatic N) is 3. The maximum Gasteiger partial charge on any atom is 0.224 e. The van der Waals surface area contributed by atoms with Crippen molar-refractivity contribution in [3.63, 3.8) is 0 Å². The Morgan fingerprint density at radius 1 is 1.06 bits per heavy atom. The van der Waals surface area contributed by atoms with Crippen LogP contribution >= 0.6 is 0 Å². The van der Waals surface area contributed by atoms with Gasteiger partial charge in [-0.2, -0.15) is 5.26 Å². The molecule has 2 saturated heterocycles. The van der Waals surface area contributed by atoms with Crippen LogP contribution in [-0.4, -0.2) is 72.6 Å². The molecule has 2 heterocycles. The van der Waals surface area contributed by atoms with E-state index in [1.165, 1.54) is 51.4 Å². The van der Waals surface area contributed by atoms with E-state index in [1.807, 2.05) is 4.90 Å². The van der Waals surface area contributed by atoms with Gasteiger partial charge in [0, 0.05) is 44.6 Å². The first-order valence-corrected chi connectivity index (χ1v) is 14.4. The lowest BCUT2D eigenvalue weighted by Crippen LogP contribution is -2.53. The maximum atomic E-state index is 13.7. The normalized spacial score (nSPS) is 31.6. The third-order valence-electron chi connectivity index (χ3n) is 9.24. The molecule has 2 aliphatic carbocycles. The lowest BCUT2D eigenvalue weighted by Gasteiger charge is -2.38. The van der Waals surface area contributed by atoms with E-state index in [1.54, 1.807) is 0 Å². The van der Waals surface area contributed by atoms with Crippen molar-refractivity contribution in [1.29, 1.82) is 5.26 Å². The van der Waals surface area contributed by atoms with Crippen molar-refractivity contribution in [2.75, 3.05) is 39.4 Å². The van der Waals surface area contributed by atoms with E-state index in [2.05, 4.69) is 23.2 Å². The molecular formula is C28H46N4O3. The number of nitrogens with one attached hydrogen (secondary N) is 1. The van der Waals surface area contributed by atoms with Crippen LogP contribution < -0.4 is 5.32 Å². The summed E-state index contributed by atoms with van der Waals surface area (Å²) in [5.41, 5.74) is -0.834. The summed E-state index contributed by atoms with van der Waals surface area (Å²) < 4.78 is 5.40. The topological polar surface area (TPSA) is 85.7 Å². The number of rotatable bonds is 8. The second-order valence-electron chi connectivity index (χ2n) is 11.6. The number of hydrogen-bond donors (Lipinski definition) is 1. The fraction of sp³-hybridized carbons (Fsp3) is 0.893. The Hall–Kier alpha value is -1.65. The molecule has 2 amide bonds. The summed E-state index contributed by atoms with van der Waals surface area (Å²) in [5, 5.41) is 13.4. The lowest BCUT2D eigenvalue weighted by atomic mass is 9.81. The molecule has 4 rings (SSSR count). The molecule has 1 N–H and O–H groups in total. The highest BCUT2D eigenvalue weighted by atomic mass is 16.5. The third-order valence-corrected chi connectivity index (χ3v) is 9.24. The second kappa shape index (κ2) is 12.5. The first-order valence-electron chi connectivity index (χ1n) is 14.4. The average molecular weight is 487 g/mol. The molecule has 196 valence electrons. The van der Waals surface area contributed by atoms with E-state index in [-0.39, 0.29) is 24.2 Å². The van der Waals surface area contributed by atoms with Crippen molar-refractivity contribution in [3.8, 4) is 6.07 Å². The Morgan fingerprint density at radius 3 is 2.49 bits per heavy atom. The van der Waals surface area contributed by atoms with Crippen LogP contribution in [0.4, 0.5) is 0 Å². The van der Waals surface area contributed by atoms with Gasteiger partial charge in [0.25, 0.3) is 0 Å². The number of nitriles is 1. The van der Waals surface area contributed by atoms with Crippen molar-refractivity contribution in [2.24, 2.45) is 17.8 Å². The van der Waals surface area contributed by atoms with Crippen LogP contribution in [0.25, 0.3) is 0 Å². The molecule has 2 aliphatic heterocycles. The predicted octanol–water partition coefficient (Wildman–Crippen LogP) is 3.87. The van der Waals surface area contributed by atoms with Gasteiger partial charge in [-0.1, -0.05) is 58.3 Å². The maximum absolute atomic E-state index is 13.7. The monoisotopic (exact) mass is 486 g/mol. The molecular weight excluding hydrogens is 440 g/mol. The molecule has 4 unspecified atom stereocenters. The number of likely N-dealkylation sites (tertiary alicyclic amines) is 1. The summed E-state index contributed by atoms with van der Waals surface area (Å²) in [4.78, 5) is 31.1. The van der Waals surface area contributed by atoms with Crippen LogP contribution in [0.5, 0.6) is 0 Å². The zero-order chi connectivity index (χ0) is 24.7. The van der Waals surface area contributed by atoms with Gasteiger partial charge in [0.1, 0.15) is 5.54 Å². The largest absolute Gasteiger partial charge is 0.378 e. The smallest absolute Gasteiger partial charge is 0.224 e. The third kappa shape index (κ3) is 6.77. The highest BCUT2D eigenvalue weighted by molar-refractivity contribution is 5.86. The van der Waals surface area contributed by atoms with Crippen LogP contribution in [-0.2, 0) is 14.3 Å². The average Bonchev–Trinajstić information content (AvgIpc) is 3.33. The lowest BCUT2D eigenvalue weighted by molar-refractivity contribution is -0.140. The molecule has 35 heavy (non-hydrogen) atoms. The van der Waals surface area contributed by atoms with Gasteiger partial charge in [0.15, 0.2) is 0 Å². The van der Waals surface area contributed by atoms with Crippen LogP contribution in [0.3, 0.4) is 0 Å². The fourth-order valence-electron chi connectivity index (χ4n) is 7.09. The minimum Gasteiger partial charge on any atom is -0.378 e. The molecule has 4 atom stereocenters. The Morgan fingerprint density at radius 2 is 1.77 bits per heavy atom. The van der Waals surface area contributed by atoms with E-state index in [4.69, 9.17) is 4.74 Å². The highest BCUT2D eigenvalue weighted by Crippen LogP contribution is 2.35. The zero-order valence-corrected chi connectivity index (χ0v) is 21.8. The summed E-state index contributed by atoms with van der Waals surface area (Å²) in [5.74, 6) is 0.806. The Kier molecular flexibility index (Phi) is 9.46. The molecule has 4 aliphatic rings. The molecule has 2 saturated carbocycles. The second-order valence-corrected chi connectivity index (χ2v) is 11.6. The van der Waals surface area contributed by atoms with Gasteiger partial charge < -0.3 is 15.0 Å². The standard InChI is InChI=1S/C28H46N4O3/c1-2-23-10-6-7-11-25(23)32-13-12-28(20-29,21-32)30-27(34)24(18-22-8-4-3-5-9-22)19-26(33)31-14-16-35-17-15-31/h22-25H,2-19,21H2,1H3,(H,30,34). The van der Waals surface area contributed by atoms with Crippen molar-refractivity contribution >= 4 is 11.8 Å². The number of ether oxygens (including phenoxy) is 1. The summed E-state index contributed by atoms with van der Waals surface area (Å²) in [6.45, 7) is 6.11. The van der Waals surface area contributed by atoms with Gasteiger partial charge in [-0.25, -0.2) is 0 Å². The Labute approximate surface area is 211 Å². The Balaban J connectivity index is 1.42. The van der Waals surface area contributed by atoms with E-state index in [9.17, 15) is 14.9 Å². The first-order chi connectivity index (χ1) is 17.0. The molecule has 0 aromatic rings. The summed E-state index contributed by atoms with van der Waals surface area (Å²) in [6, 6.07) is 3.03. The Bertz CT molecular complexity index is 756. The van der Waals surface area contributed by atoms with Crippen LogP contribution in [0, 0.1) is 29.1 Å². The molecule has 0 spiro atoms. The summed E-state index contributed by atoms with van der Waals surface area (Å²) in [7, 11) is 0. The SMILES string of the molecule is CCC1CCCCC1N1CCC(C#N)(NC(=O)C(CC(=O)N2CCOCC2)CC2CCCCC2)C1. The summed E-state index contributed by atoms with van der Waals surface area (Å²) >= 11 is 0. The number of amides is 2. The molecule has 0 bridgehead atoms. The molecule has 0 aromatic heterocycles. The van der Waals surface area contributed by atoms with Crippen LogP contribution in [0.1, 0.15) is 90.4 Å². The van der Waals surface area contributed by atoms with Gasteiger partial charge >= 0.3 is 0 Å². The summed E-state index contributed by atoms with van der Waals surface area (Å²) in [6.07, 6.45) is 13.9. The van der Waals surface area contributed by atoms with Crippen LogP contribution in [0.2, 0.25) is 0 Å². The van der Waals surface area contributed by atoms with Crippen molar-refractivity contribution in [2.45, 2.75) is 102 Å². The number of carbonyl (C=O) groups excluding carboxylic acids is 2. The van der Waals surface area contributed by atoms with Crippen molar-refractivity contribution in [3.05, 3.63) is 0 Å². The van der Waals surface area contributed by atoms with E-state index >= 15 is 0 Å². The van der Waals surface area contributed by atoms with E-state index in [0.29, 0.717) is 57.1 Å². The number of carbonyl (C=O) groups is 2. The van der Waals surface area contributed by atoms with Crippen LogP contribution in [0.15, 0.2) is 0 Å². The minimum absolute atomic E-state index is 0.0521. The van der Waals surface area contributed by atoms with E-state index in [0.717, 1.165) is 25.8 Å². The van der Waals surface area contributed by atoms with Crippen molar-refractivity contribution in [1.82, 2.24) is 15.1 Å². The minimum atomic E-state index is -0.834. The zero-order valence-electron chi connectivity index (χ0n) is 21.8. The van der Waals surface area contributed by atoms with Gasteiger partial charge in [-0.05, 0) is 37.5 Å². The quantitative estimate of drug-likeness (QED) is 0.563. The predicted molar refractivity (Wildman–Crippen MR) is 135 cm³/mol. The van der Waals surface area contributed by atoms with Crippen molar-refractivity contribution < 1.29 is 14.3 Å². The molecule has 7 nitrogen and oxygen atoms in total. The van der Waals surface area contributed by atoms with Gasteiger partial charge in [0.2, 0.25) is 11.8 Å². The fourth-order valence-corrected chi connectivity index (χ4v) is 7.09. The van der Waals surface area contributed by atoms with Gasteiger partial charge in [-0.15, -0.1) is 0 Å². The molecule has 4 fully saturated rings. The number of hydrogen-bond acceptors (Lipinski definition) is 5. The highest BCUT2D eigenvalue weighted by Gasteiger charge is 2.45.